The number of amides is 1. The molecular weight excluding hydrogens is 425 g/mol. The van der Waals surface area contributed by atoms with Crippen molar-refractivity contribution in [3.63, 3.8) is 0 Å². The van der Waals surface area contributed by atoms with Gasteiger partial charge in [-0.05, 0) is 45.8 Å². The second kappa shape index (κ2) is 7.40. The maximum Gasteiger partial charge on any atom is 0.248 e. The van der Waals surface area contributed by atoms with Crippen molar-refractivity contribution >= 4 is 33.3 Å². The molecule has 8 heteroatoms. The molecule has 0 aliphatic carbocycles. The zero-order valence-electron chi connectivity index (χ0n) is 14.6. The molecule has 2 aromatic carbocycles. The predicted molar refractivity (Wildman–Crippen MR) is 108 cm³/mol. The highest BCUT2D eigenvalue weighted by molar-refractivity contribution is 9.10. The van der Waals surface area contributed by atoms with Crippen LogP contribution >= 0.6 is 15.9 Å². The first kappa shape index (κ1) is 18.1. The number of nitrogens with zero attached hydrogens (tertiary/aromatic N) is 3. The number of nitrogens with one attached hydrogen (secondary N) is 1. The van der Waals surface area contributed by atoms with Crippen molar-refractivity contribution < 1.29 is 9.18 Å². The SMILES string of the molecule is NC(=O)c1ccc(CNc2cc(-c3ccccc3F)nc3c(Br)cnn23)cc1. The maximum absolute atomic E-state index is 14.3. The Hall–Kier alpha value is -3.26. The third-order valence-corrected chi connectivity index (χ3v) is 4.85. The van der Waals surface area contributed by atoms with Crippen molar-refractivity contribution in [3.05, 3.63) is 82.2 Å². The monoisotopic (exact) mass is 439 g/mol. The van der Waals surface area contributed by atoms with Gasteiger partial charge in [0.25, 0.3) is 0 Å². The van der Waals surface area contributed by atoms with Gasteiger partial charge in [0.1, 0.15) is 11.6 Å². The van der Waals surface area contributed by atoms with Gasteiger partial charge in [-0.2, -0.15) is 9.61 Å². The first-order valence-corrected chi connectivity index (χ1v) is 9.24. The second-order valence-corrected chi connectivity index (χ2v) is 7.00. The number of nitrogens with two attached hydrogens (primary N) is 1. The fourth-order valence-electron chi connectivity index (χ4n) is 2.85. The number of aromatic nitrogens is 3. The molecule has 0 aliphatic heterocycles. The van der Waals surface area contributed by atoms with E-state index in [0.29, 0.717) is 39.3 Å². The van der Waals surface area contributed by atoms with E-state index in [1.807, 2.05) is 12.1 Å². The molecule has 4 rings (SSSR count). The fraction of sp³-hybridized carbons (Fsp3) is 0.0500. The summed E-state index contributed by atoms with van der Waals surface area (Å²) in [5, 5.41) is 7.61. The quantitative estimate of drug-likeness (QED) is 0.491. The smallest absolute Gasteiger partial charge is 0.248 e. The Morgan fingerprint density at radius 1 is 1.18 bits per heavy atom. The number of carbonyl (C=O) groups is 1. The number of hydrogen-bond donors (Lipinski definition) is 2. The van der Waals surface area contributed by atoms with Gasteiger partial charge in [-0.15, -0.1) is 0 Å². The zero-order chi connectivity index (χ0) is 19.7. The van der Waals surface area contributed by atoms with Crippen LogP contribution in [0.3, 0.4) is 0 Å². The summed E-state index contributed by atoms with van der Waals surface area (Å²) in [7, 11) is 0. The lowest BCUT2D eigenvalue weighted by Gasteiger charge is -2.11. The van der Waals surface area contributed by atoms with Crippen LogP contribution in [-0.4, -0.2) is 20.5 Å². The average molecular weight is 440 g/mol. The van der Waals surface area contributed by atoms with Crippen LogP contribution in [0.1, 0.15) is 15.9 Å². The van der Waals surface area contributed by atoms with Gasteiger partial charge in [0.05, 0.1) is 16.4 Å². The maximum atomic E-state index is 14.3. The van der Waals surface area contributed by atoms with Gasteiger partial charge in [-0.25, -0.2) is 9.37 Å². The van der Waals surface area contributed by atoms with Gasteiger partial charge in [-0.1, -0.05) is 24.3 Å². The number of primary amides is 1. The van der Waals surface area contributed by atoms with Crippen molar-refractivity contribution in [3.8, 4) is 11.3 Å². The summed E-state index contributed by atoms with van der Waals surface area (Å²) in [5.74, 6) is -0.151. The molecule has 0 atom stereocenters. The zero-order valence-corrected chi connectivity index (χ0v) is 16.1. The molecule has 1 amide bonds. The molecule has 0 radical (unpaired) electrons. The molecule has 0 aliphatic rings. The van der Waals surface area contributed by atoms with Crippen molar-refractivity contribution in [1.82, 2.24) is 14.6 Å². The number of anilines is 1. The third kappa shape index (κ3) is 3.46. The Morgan fingerprint density at radius 2 is 1.93 bits per heavy atom. The molecule has 0 saturated carbocycles. The lowest BCUT2D eigenvalue weighted by molar-refractivity contribution is 0.100. The van der Waals surface area contributed by atoms with Crippen LogP contribution in [0.5, 0.6) is 0 Å². The first-order valence-electron chi connectivity index (χ1n) is 8.45. The lowest BCUT2D eigenvalue weighted by atomic mass is 10.1. The number of benzene rings is 2. The van der Waals surface area contributed by atoms with Crippen LogP contribution in [0.4, 0.5) is 10.2 Å². The summed E-state index contributed by atoms with van der Waals surface area (Å²) in [4.78, 5) is 15.7. The van der Waals surface area contributed by atoms with E-state index in [1.165, 1.54) is 6.07 Å². The summed E-state index contributed by atoms with van der Waals surface area (Å²) in [6.45, 7) is 0.479. The summed E-state index contributed by atoms with van der Waals surface area (Å²) in [6.07, 6.45) is 1.64. The van der Waals surface area contributed by atoms with Crippen LogP contribution in [0.15, 0.2) is 65.3 Å². The van der Waals surface area contributed by atoms with Crippen LogP contribution in [0.25, 0.3) is 16.9 Å². The van der Waals surface area contributed by atoms with E-state index in [2.05, 4.69) is 31.3 Å². The molecule has 28 heavy (non-hydrogen) atoms. The van der Waals surface area contributed by atoms with E-state index < -0.39 is 5.91 Å². The molecule has 0 spiro atoms. The van der Waals surface area contributed by atoms with Gasteiger partial charge in [-0.3, -0.25) is 4.79 Å². The highest BCUT2D eigenvalue weighted by Crippen LogP contribution is 2.27. The van der Waals surface area contributed by atoms with Crippen molar-refractivity contribution in [2.24, 2.45) is 5.73 Å². The largest absolute Gasteiger partial charge is 0.366 e. The second-order valence-electron chi connectivity index (χ2n) is 6.15. The molecule has 2 heterocycles. The number of fused-ring (bicyclic) bond motifs is 1. The van der Waals surface area contributed by atoms with Crippen molar-refractivity contribution in [2.75, 3.05) is 5.32 Å². The van der Waals surface area contributed by atoms with E-state index in [-0.39, 0.29) is 5.82 Å². The normalized spacial score (nSPS) is 10.9. The summed E-state index contributed by atoms with van der Waals surface area (Å²) < 4.78 is 16.6. The fourth-order valence-corrected chi connectivity index (χ4v) is 3.20. The van der Waals surface area contributed by atoms with Crippen molar-refractivity contribution in [1.29, 1.82) is 0 Å². The minimum atomic E-state index is -0.466. The van der Waals surface area contributed by atoms with E-state index in [1.54, 1.807) is 47.1 Å². The molecule has 0 unspecified atom stereocenters. The van der Waals surface area contributed by atoms with Crippen molar-refractivity contribution in [2.45, 2.75) is 6.54 Å². The highest BCUT2D eigenvalue weighted by Gasteiger charge is 2.13. The van der Waals surface area contributed by atoms with Gasteiger partial charge >= 0.3 is 0 Å². The van der Waals surface area contributed by atoms with Crippen LogP contribution in [-0.2, 0) is 6.54 Å². The minimum Gasteiger partial charge on any atom is -0.366 e. The first-order chi connectivity index (χ1) is 13.5. The number of rotatable bonds is 5. The number of hydrogen-bond acceptors (Lipinski definition) is 4. The summed E-state index contributed by atoms with van der Waals surface area (Å²) in [5.41, 5.74) is 8.16. The summed E-state index contributed by atoms with van der Waals surface area (Å²) >= 11 is 3.43. The summed E-state index contributed by atoms with van der Waals surface area (Å²) in [6, 6.07) is 15.2. The molecule has 140 valence electrons. The van der Waals surface area contributed by atoms with E-state index in [9.17, 15) is 9.18 Å². The molecule has 2 aromatic heterocycles. The average Bonchev–Trinajstić information content (AvgIpc) is 3.08. The van der Waals surface area contributed by atoms with Gasteiger partial charge < -0.3 is 11.1 Å². The topological polar surface area (TPSA) is 85.3 Å². The van der Waals surface area contributed by atoms with Crippen LogP contribution in [0, 0.1) is 5.82 Å². The Morgan fingerprint density at radius 3 is 2.64 bits per heavy atom. The van der Waals surface area contributed by atoms with E-state index >= 15 is 0 Å². The Balaban J connectivity index is 1.69. The Kier molecular flexibility index (Phi) is 4.79. The molecule has 0 bridgehead atoms. The van der Waals surface area contributed by atoms with E-state index in [0.717, 1.165) is 5.56 Å². The standard InChI is InChI=1S/C20H15BrFN5O/c21-15-11-25-27-18(24-10-12-5-7-13(8-6-12)19(23)28)9-17(26-20(15)27)14-3-1-2-4-16(14)22/h1-9,11,24H,10H2,(H2,23,28). The van der Waals surface area contributed by atoms with E-state index in [4.69, 9.17) is 5.73 Å². The number of halogens is 2. The molecule has 6 nitrogen and oxygen atoms in total. The molecule has 3 N–H and O–H groups in total. The Bertz CT molecular complexity index is 1170. The lowest BCUT2D eigenvalue weighted by Crippen LogP contribution is -2.11. The molecular formula is C20H15BrFN5O. The number of carbonyl (C=O) groups excluding carboxylic acids is 1. The molecule has 0 saturated heterocycles. The predicted octanol–water partition coefficient (Wildman–Crippen LogP) is 4.01. The third-order valence-electron chi connectivity index (χ3n) is 4.29. The van der Waals surface area contributed by atoms with Crippen LogP contribution < -0.4 is 11.1 Å². The van der Waals surface area contributed by atoms with Crippen LogP contribution in [0.2, 0.25) is 0 Å². The molecule has 0 fully saturated rings. The Labute approximate surface area is 168 Å². The van der Waals surface area contributed by atoms with Gasteiger partial charge in [0.2, 0.25) is 5.91 Å². The molecule has 4 aromatic rings. The highest BCUT2D eigenvalue weighted by atomic mass is 79.9. The van der Waals surface area contributed by atoms with Gasteiger partial charge in [0.15, 0.2) is 5.65 Å². The van der Waals surface area contributed by atoms with Gasteiger partial charge in [0, 0.05) is 23.7 Å². The minimum absolute atomic E-state index is 0.344.